The summed E-state index contributed by atoms with van der Waals surface area (Å²) in [5, 5.41) is 0. The molecule has 5 nitrogen and oxygen atoms in total. The Labute approximate surface area is 82.7 Å². The average Bonchev–Trinajstić information content (AvgIpc) is 2.45. The normalized spacial score (nSPS) is 19.9. The lowest BCUT2D eigenvalue weighted by atomic mass is 10.3. The predicted octanol–water partition coefficient (Wildman–Crippen LogP) is -0.0768. The zero-order valence-electron chi connectivity index (χ0n) is 7.47. The molecule has 0 bridgehead atoms. The zero-order valence-corrected chi connectivity index (χ0v) is 8.29. The molecule has 1 aromatic rings. The molecule has 1 fully saturated rings. The summed E-state index contributed by atoms with van der Waals surface area (Å²) in [6.07, 6.45) is 0. The Hall–Kier alpha value is -1.27. The first kappa shape index (κ1) is 9.29. The van der Waals surface area contributed by atoms with E-state index in [0.29, 0.717) is 24.5 Å². The van der Waals surface area contributed by atoms with Gasteiger partial charge >= 0.3 is 10.2 Å². The van der Waals surface area contributed by atoms with Gasteiger partial charge in [0.1, 0.15) is 0 Å². The molecule has 1 aliphatic heterocycles. The van der Waals surface area contributed by atoms with Gasteiger partial charge in [0.2, 0.25) is 0 Å². The van der Waals surface area contributed by atoms with Crippen LogP contribution < -0.4 is 14.8 Å². The van der Waals surface area contributed by atoms with Crippen LogP contribution in [-0.4, -0.2) is 21.5 Å². The average molecular weight is 213 g/mol. The minimum absolute atomic E-state index is 0.442. The molecule has 1 aliphatic rings. The van der Waals surface area contributed by atoms with Gasteiger partial charge in [0.05, 0.1) is 5.69 Å². The Kier molecular flexibility index (Phi) is 2.09. The highest BCUT2D eigenvalue weighted by Gasteiger charge is 2.27. The topological polar surface area (TPSA) is 75.4 Å². The lowest BCUT2D eigenvalue weighted by molar-refractivity contribution is 0.592. The van der Waals surface area contributed by atoms with E-state index < -0.39 is 10.2 Å². The molecule has 6 heteroatoms. The number of nitrogens with one attached hydrogen (secondary N) is 1. The van der Waals surface area contributed by atoms with Crippen molar-refractivity contribution in [2.45, 2.75) is 0 Å². The molecule has 0 atom stereocenters. The molecular weight excluding hydrogens is 202 g/mol. The number of rotatable bonds is 1. The molecule has 0 amide bonds. The van der Waals surface area contributed by atoms with Crippen LogP contribution in [0.4, 0.5) is 11.4 Å². The molecule has 0 aromatic heterocycles. The maximum absolute atomic E-state index is 11.4. The van der Waals surface area contributed by atoms with Gasteiger partial charge in [0, 0.05) is 18.8 Å². The van der Waals surface area contributed by atoms with Gasteiger partial charge in [-0.2, -0.15) is 13.1 Å². The van der Waals surface area contributed by atoms with Crippen molar-refractivity contribution in [1.29, 1.82) is 0 Å². The quantitative estimate of drug-likeness (QED) is 0.641. The second kappa shape index (κ2) is 3.14. The minimum atomic E-state index is -3.33. The van der Waals surface area contributed by atoms with E-state index >= 15 is 0 Å². The van der Waals surface area contributed by atoms with E-state index in [9.17, 15) is 8.42 Å². The van der Waals surface area contributed by atoms with Gasteiger partial charge < -0.3 is 5.73 Å². The molecule has 0 aliphatic carbocycles. The second-order valence-corrected chi connectivity index (χ2v) is 4.75. The van der Waals surface area contributed by atoms with E-state index in [1.54, 1.807) is 24.3 Å². The SMILES string of the molecule is Nc1cccc(N2CCNS2(=O)=O)c1. The monoisotopic (exact) mass is 213 g/mol. The Balaban J connectivity index is 2.41. The molecule has 76 valence electrons. The zero-order chi connectivity index (χ0) is 10.2. The first-order valence-electron chi connectivity index (χ1n) is 4.22. The van der Waals surface area contributed by atoms with Crippen molar-refractivity contribution in [2.75, 3.05) is 23.1 Å². The van der Waals surface area contributed by atoms with Crippen LogP contribution in [-0.2, 0) is 10.2 Å². The Morgan fingerprint density at radius 2 is 2.21 bits per heavy atom. The van der Waals surface area contributed by atoms with Crippen LogP contribution in [0.25, 0.3) is 0 Å². The molecule has 0 saturated carbocycles. The van der Waals surface area contributed by atoms with Crippen molar-refractivity contribution >= 4 is 21.6 Å². The van der Waals surface area contributed by atoms with Gasteiger partial charge in [-0.1, -0.05) is 6.07 Å². The fourth-order valence-corrected chi connectivity index (χ4v) is 2.65. The lowest BCUT2D eigenvalue weighted by Crippen LogP contribution is -2.29. The second-order valence-electron chi connectivity index (χ2n) is 3.07. The predicted molar refractivity (Wildman–Crippen MR) is 55.1 cm³/mol. The minimum Gasteiger partial charge on any atom is -0.399 e. The van der Waals surface area contributed by atoms with Crippen molar-refractivity contribution in [3.63, 3.8) is 0 Å². The lowest BCUT2D eigenvalue weighted by Gasteiger charge is -2.15. The highest BCUT2D eigenvalue weighted by Crippen LogP contribution is 2.21. The summed E-state index contributed by atoms with van der Waals surface area (Å²) in [4.78, 5) is 0. The largest absolute Gasteiger partial charge is 0.399 e. The summed E-state index contributed by atoms with van der Waals surface area (Å²) in [5.41, 5.74) is 6.74. The number of hydrogen-bond donors (Lipinski definition) is 2. The van der Waals surface area contributed by atoms with Crippen LogP contribution >= 0.6 is 0 Å². The number of anilines is 2. The van der Waals surface area contributed by atoms with Gasteiger partial charge in [-0.05, 0) is 18.2 Å². The molecule has 2 rings (SSSR count). The molecule has 0 radical (unpaired) electrons. The van der Waals surface area contributed by atoms with E-state index in [4.69, 9.17) is 5.73 Å². The summed E-state index contributed by atoms with van der Waals surface area (Å²) in [7, 11) is -3.33. The van der Waals surface area contributed by atoms with E-state index in [1.165, 1.54) is 4.31 Å². The van der Waals surface area contributed by atoms with Gasteiger partial charge in [-0.15, -0.1) is 0 Å². The van der Waals surface area contributed by atoms with Crippen LogP contribution in [0.5, 0.6) is 0 Å². The Morgan fingerprint density at radius 3 is 2.79 bits per heavy atom. The van der Waals surface area contributed by atoms with Crippen molar-refractivity contribution in [1.82, 2.24) is 4.72 Å². The van der Waals surface area contributed by atoms with Crippen LogP contribution in [0.3, 0.4) is 0 Å². The van der Waals surface area contributed by atoms with Crippen molar-refractivity contribution in [3.05, 3.63) is 24.3 Å². The maximum Gasteiger partial charge on any atom is 0.301 e. The Bertz CT molecular complexity index is 444. The van der Waals surface area contributed by atoms with E-state index in [2.05, 4.69) is 4.72 Å². The number of benzene rings is 1. The summed E-state index contributed by atoms with van der Waals surface area (Å²) < 4.78 is 26.6. The third kappa shape index (κ3) is 1.53. The van der Waals surface area contributed by atoms with Crippen molar-refractivity contribution in [3.8, 4) is 0 Å². The number of nitrogens with zero attached hydrogens (tertiary/aromatic N) is 1. The first-order valence-corrected chi connectivity index (χ1v) is 5.66. The molecular formula is C8H11N3O2S. The molecule has 1 aromatic carbocycles. The van der Waals surface area contributed by atoms with E-state index in [-0.39, 0.29) is 0 Å². The van der Waals surface area contributed by atoms with Gasteiger partial charge in [-0.25, -0.2) is 0 Å². The standard InChI is InChI=1S/C8H11N3O2S/c9-7-2-1-3-8(6-7)11-5-4-10-14(11,12)13/h1-3,6,10H,4-5,9H2. The van der Waals surface area contributed by atoms with Gasteiger partial charge in [-0.3, -0.25) is 4.31 Å². The number of hydrogen-bond acceptors (Lipinski definition) is 3. The molecule has 3 N–H and O–H groups in total. The van der Waals surface area contributed by atoms with Crippen LogP contribution in [0.2, 0.25) is 0 Å². The highest BCUT2D eigenvalue weighted by atomic mass is 32.2. The van der Waals surface area contributed by atoms with Crippen LogP contribution in [0, 0.1) is 0 Å². The van der Waals surface area contributed by atoms with E-state index in [1.807, 2.05) is 0 Å². The van der Waals surface area contributed by atoms with Gasteiger partial charge in [0.25, 0.3) is 0 Å². The fraction of sp³-hybridized carbons (Fsp3) is 0.250. The molecule has 1 heterocycles. The Morgan fingerprint density at radius 1 is 1.43 bits per heavy atom. The summed E-state index contributed by atoms with van der Waals surface area (Å²) >= 11 is 0. The fourth-order valence-electron chi connectivity index (χ4n) is 1.42. The summed E-state index contributed by atoms with van der Waals surface area (Å²) in [6, 6.07) is 6.82. The smallest absolute Gasteiger partial charge is 0.301 e. The molecule has 0 unspecified atom stereocenters. The van der Waals surface area contributed by atoms with Gasteiger partial charge in [0.15, 0.2) is 0 Å². The number of nitrogen functional groups attached to an aromatic ring is 1. The van der Waals surface area contributed by atoms with Crippen molar-refractivity contribution < 1.29 is 8.42 Å². The number of nitrogens with two attached hydrogens (primary N) is 1. The van der Waals surface area contributed by atoms with Crippen LogP contribution in [0.1, 0.15) is 0 Å². The molecule has 1 saturated heterocycles. The summed E-state index contributed by atoms with van der Waals surface area (Å²) in [5.74, 6) is 0. The first-order chi connectivity index (χ1) is 6.59. The maximum atomic E-state index is 11.4. The molecule has 14 heavy (non-hydrogen) atoms. The highest BCUT2D eigenvalue weighted by molar-refractivity contribution is 7.91. The van der Waals surface area contributed by atoms with E-state index in [0.717, 1.165) is 0 Å². The molecule has 0 spiro atoms. The van der Waals surface area contributed by atoms with Crippen LogP contribution in [0.15, 0.2) is 24.3 Å². The van der Waals surface area contributed by atoms with Crippen molar-refractivity contribution in [2.24, 2.45) is 0 Å². The third-order valence-electron chi connectivity index (χ3n) is 2.05. The summed E-state index contributed by atoms with van der Waals surface area (Å²) in [6.45, 7) is 0.892. The third-order valence-corrected chi connectivity index (χ3v) is 3.59.